The molecule has 0 radical (unpaired) electrons. The Morgan fingerprint density at radius 2 is 2.11 bits per heavy atom. The number of nitrogens with zero attached hydrogens (tertiary/aromatic N) is 3. The average molecular weight is 278 g/mol. The van der Waals surface area contributed by atoms with E-state index in [0.29, 0.717) is 10.7 Å². The molecule has 6 heteroatoms. The predicted molar refractivity (Wildman–Crippen MR) is 77.7 cm³/mol. The monoisotopic (exact) mass is 278 g/mol. The van der Waals surface area contributed by atoms with Crippen molar-refractivity contribution < 1.29 is 4.79 Å². The summed E-state index contributed by atoms with van der Waals surface area (Å²) >= 11 is 4.93. The van der Waals surface area contributed by atoms with Crippen LogP contribution in [0.25, 0.3) is 0 Å². The van der Waals surface area contributed by atoms with Gasteiger partial charge in [-0.3, -0.25) is 14.7 Å². The summed E-state index contributed by atoms with van der Waals surface area (Å²) in [5, 5.41) is 0. The third-order valence-electron chi connectivity index (χ3n) is 3.30. The van der Waals surface area contributed by atoms with Gasteiger partial charge in [0.2, 0.25) is 5.91 Å². The number of carbonyl (C=O) groups is 1. The molecule has 1 aromatic heterocycles. The molecule has 1 amide bonds. The Balaban J connectivity index is 1.94. The van der Waals surface area contributed by atoms with Crippen LogP contribution < -0.4 is 5.73 Å². The summed E-state index contributed by atoms with van der Waals surface area (Å²) in [5.74, 6) is 0.152. The fourth-order valence-electron chi connectivity index (χ4n) is 2.19. The fraction of sp³-hybridized carbons (Fsp3) is 0.462. The van der Waals surface area contributed by atoms with Gasteiger partial charge in [-0.1, -0.05) is 12.2 Å². The Bertz CT molecular complexity index is 483. The molecule has 1 aliphatic heterocycles. The van der Waals surface area contributed by atoms with E-state index in [1.807, 2.05) is 17.0 Å². The zero-order chi connectivity index (χ0) is 13.8. The highest BCUT2D eigenvalue weighted by molar-refractivity contribution is 7.80. The zero-order valence-corrected chi connectivity index (χ0v) is 11.8. The van der Waals surface area contributed by atoms with Crippen LogP contribution in [0.4, 0.5) is 0 Å². The summed E-state index contributed by atoms with van der Waals surface area (Å²) in [6.07, 6.45) is 1.73. The number of pyridine rings is 1. The van der Waals surface area contributed by atoms with E-state index >= 15 is 0 Å². The molecule has 1 aliphatic rings. The molecule has 0 aromatic carbocycles. The van der Waals surface area contributed by atoms with E-state index in [1.165, 1.54) is 0 Å². The van der Waals surface area contributed by atoms with Crippen LogP contribution in [0.1, 0.15) is 18.2 Å². The number of carbonyl (C=O) groups excluding carboxylic acids is 1. The van der Waals surface area contributed by atoms with Crippen molar-refractivity contribution in [3.05, 3.63) is 29.6 Å². The predicted octanol–water partition coefficient (Wildman–Crippen LogP) is 0.380. The highest BCUT2D eigenvalue weighted by Crippen LogP contribution is 2.09. The molecule has 1 fully saturated rings. The number of amides is 1. The van der Waals surface area contributed by atoms with Gasteiger partial charge >= 0.3 is 0 Å². The van der Waals surface area contributed by atoms with Gasteiger partial charge in [0.05, 0.1) is 5.69 Å². The maximum absolute atomic E-state index is 11.3. The third-order valence-corrected chi connectivity index (χ3v) is 3.51. The summed E-state index contributed by atoms with van der Waals surface area (Å²) in [6.45, 7) is 5.83. The largest absolute Gasteiger partial charge is 0.388 e. The molecule has 1 saturated heterocycles. The van der Waals surface area contributed by atoms with E-state index in [-0.39, 0.29) is 5.91 Å². The Kier molecular flexibility index (Phi) is 4.44. The summed E-state index contributed by atoms with van der Waals surface area (Å²) in [6, 6.07) is 3.90. The fourth-order valence-corrected chi connectivity index (χ4v) is 2.30. The molecule has 0 aliphatic carbocycles. The molecule has 19 heavy (non-hydrogen) atoms. The lowest BCUT2D eigenvalue weighted by Crippen LogP contribution is -2.47. The SMILES string of the molecule is CC(=O)N1CCN(Cc2ccnc(C(N)=S)c2)CC1. The standard InChI is InChI=1S/C13H18N4OS/c1-10(18)17-6-4-16(5-7-17)9-11-2-3-15-12(8-11)13(14)19/h2-3,8H,4-7,9H2,1H3,(H2,14,19). The number of aromatic nitrogens is 1. The van der Waals surface area contributed by atoms with Crippen LogP contribution in [-0.4, -0.2) is 51.9 Å². The number of piperazine rings is 1. The van der Waals surface area contributed by atoms with Crippen molar-refractivity contribution >= 4 is 23.1 Å². The topological polar surface area (TPSA) is 62.5 Å². The van der Waals surface area contributed by atoms with Crippen molar-refractivity contribution in [3.8, 4) is 0 Å². The normalized spacial score (nSPS) is 16.4. The lowest BCUT2D eigenvalue weighted by Gasteiger charge is -2.34. The first-order chi connectivity index (χ1) is 9.06. The molecule has 0 bridgehead atoms. The molecule has 0 spiro atoms. The maximum atomic E-state index is 11.3. The van der Waals surface area contributed by atoms with E-state index in [4.69, 9.17) is 18.0 Å². The smallest absolute Gasteiger partial charge is 0.219 e. The van der Waals surface area contributed by atoms with Crippen LogP contribution in [0.3, 0.4) is 0 Å². The highest BCUT2D eigenvalue weighted by Gasteiger charge is 2.18. The van der Waals surface area contributed by atoms with Gasteiger partial charge in [-0.2, -0.15) is 0 Å². The van der Waals surface area contributed by atoms with Gasteiger partial charge in [0, 0.05) is 45.8 Å². The lowest BCUT2D eigenvalue weighted by atomic mass is 10.2. The molecule has 2 rings (SSSR count). The van der Waals surface area contributed by atoms with Crippen LogP contribution in [-0.2, 0) is 11.3 Å². The van der Waals surface area contributed by atoms with Crippen molar-refractivity contribution in [2.75, 3.05) is 26.2 Å². The van der Waals surface area contributed by atoms with E-state index in [0.717, 1.165) is 38.3 Å². The van der Waals surface area contributed by atoms with E-state index in [9.17, 15) is 4.79 Å². The number of nitrogens with two attached hydrogens (primary N) is 1. The van der Waals surface area contributed by atoms with Crippen LogP contribution >= 0.6 is 12.2 Å². The minimum Gasteiger partial charge on any atom is -0.388 e. The number of hydrogen-bond donors (Lipinski definition) is 1. The van der Waals surface area contributed by atoms with Crippen molar-refractivity contribution in [2.45, 2.75) is 13.5 Å². The molecule has 0 unspecified atom stereocenters. The Labute approximate surface area is 118 Å². The zero-order valence-electron chi connectivity index (χ0n) is 11.0. The van der Waals surface area contributed by atoms with Crippen molar-refractivity contribution in [2.24, 2.45) is 5.73 Å². The number of hydrogen-bond acceptors (Lipinski definition) is 4. The molecule has 102 valence electrons. The van der Waals surface area contributed by atoms with Gasteiger partial charge in [-0.15, -0.1) is 0 Å². The molecule has 2 heterocycles. The van der Waals surface area contributed by atoms with E-state index in [1.54, 1.807) is 13.1 Å². The first kappa shape index (κ1) is 13.9. The first-order valence-corrected chi connectivity index (χ1v) is 6.69. The van der Waals surface area contributed by atoms with Gasteiger partial charge in [0.15, 0.2) is 0 Å². The minimum absolute atomic E-state index is 0.152. The van der Waals surface area contributed by atoms with E-state index in [2.05, 4.69) is 9.88 Å². The molecule has 0 atom stereocenters. The molecular formula is C13H18N4OS. The Hall–Kier alpha value is -1.53. The first-order valence-electron chi connectivity index (χ1n) is 6.29. The number of thiocarbonyl (C=S) groups is 1. The summed E-state index contributed by atoms with van der Waals surface area (Å²) < 4.78 is 0. The molecule has 0 saturated carbocycles. The van der Waals surface area contributed by atoms with Gasteiger partial charge < -0.3 is 10.6 Å². The van der Waals surface area contributed by atoms with Gasteiger partial charge in [0.25, 0.3) is 0 Å². The second kappa shape index (κ2) is 6.08. The van der Waals surface area contributed by atoms with Crippen LogP contribution in [0.5, 0.6) is 0 Å². The Morgan fingerprint density at radius 1 is 1.42 bits per heavy atom. The van der Waals surface area contributed by atoms with Crippen LogP contribution in [0.2, 0.25) is 0 Å². The molecule has 2 N–H and O–H groups in total. The average Bonchev–Trinajstić information content (AvgIpc) is 2.39. The van der Waals surface area contributed by atoms with Gasteiger partial charge in [0.1, 0.15) is 4.99 Å². The van der Waals surface area contributed by atoms with Crippen molar-refractivity contribution in [1.29, 1.82) is 0 Å². The summed E-state index contributed by atoms with van der Waals surface area (Å²) in [5.41, 5.74) is 7.39. The quantitative estimate of drug-likeness (QED) is 0.810. The van der Waals surface area contributed by atoms with E-state index < -0.39 is 0 Å². The molecular weight excluding hydrogens is 260 g/mol. The second-order valence-electron chi connectivity index (χ2n) is 4.70. The summed E-state index contributed by atoms with van der Waals surface area (Å²) in [7, 11) is 0. The minimum atomic E-state index is 0.152. The number of rotatable bonds is 3. The highest BCUT2D eigenvalue weighted by atomic mass is 32.1. The summed E-state index contributed by atoms with van der Waals surface area (Å²) in [4.78, 5) is 19.9. The van der Waals surface area contributed by atoms with Crippen molar-refractivity contribution in [1.82, 2.24) is 14.8 Å². The third kappa shape index (κ3) is 3.71. The lowest BCUT2D eigenvalue weighted by molar-refractivity contribution is -0.130. The van der Waals surface area contributed by atoms with Gasteiger partial charge in [-0.05, 0) is 17.7 Å². The molecule has 1 aromatic rings. The second-order valence-corrected chi connectivity index (χ2v) is 5.14. The van der Waals surface area contributed by atoms with Crippen molar-refractivity contribution in [3.63, 3.8) is 0 Å². The van der Waals surface area contributed by atoms with Crippen LogP contribution in [0, 0.1) is 0 Å². The Morgan fingerprint density at radius 3 is 2.68 bits per heavy atom. The molecule has 5 nitrogen and oxygen atoms in total. The van der Waals surface area contributed by atoms with Gasteiger partial charge in [-0.25, -0.2) is 0 Å². The van der Waals surface area contributed by atoms with Crippen LogP contribution in [0.15, 0.2) is 18.3 Å². The maximum Gasteiger partial charge on any atom is 0.219 e.